The Labute approximate surface area is 107 Å². The Morgan fingerprint density at radius 2 is 2.17 bits per heavy atom. The lowest BCUT2D eigenvalue weighted by Crippen LogP contribution is -2.45. The highest BCUT2D eigenvalue weighted by molar-refractivity contribution is 5.96. The normalized spacial score (nSPS) is 20.2. The molecule has 2 rings (SSSR count). The van der Waals surface area contributed by atoms with E-state index in [0.717, 1.165) is 37.2 Å². The first-order chi connectivity index (χ1) is 8.56. The minimum Gasteiger partial charge on any atom is -0.394 e. The second-order valence-electron chi connectivity index (χ2n) is 5.00. The third-order valence-corrected chi connectivity index (χ3v) is 3.82. The summed E-state index contributed by atoms with van der Waals surface area (Å²) >= 11 is 0. The third-order valence-electron chi connectivity index (χ3n) is 3.82. The zero-order valence-corrected chi connectivity index (χ0v) is 11.3. The number of aryl methyl sites for hydroxylation is 2. The van der Waals surface area contributed by atoms with Crippen molar-refractivity contribution in [2.75, 3.05) is 13.2 Å². The fourth-order valence-corrected chi connectivity index (χ4v) is 2.68. The Morgan fingerprint density at radius 1 is 1.44 bits per heavy atom. The number of aliphatic hydroxyl groups excluding tert-OH is 1. The van der Waals surface area contributed by atoms with Crippen LogP contribution < -0.4 is 0 Å². The van der Waals surface area contributed by atoms with Gasteiger partial charge in [-0.05, 0) is 33.1 Å². The van der Waals surface area contributed by atoms with E-state index in [0.29, 0.717) is 5.56 Å². The summed E-state index contributed by atoms with van der Waals surface area (Å²) in [7, 11) is 1.85. The maximum atomic E-state index is 12.6. The summed E-state index contributed by atoms with van der Waals surface area (Å²) in [5, 5.41) is 13.7. The minimum absolute atomic E-state index is 0.0110. The van der Waals surface area contributed by atoms with E-state index >= 15 is 0 Å². The maximum absolute atomic E-state index is 12.6. The molecule has 0 saturated carbocycles. The third kappa shape index (κ3) is 2.14. The van der Waals surface area contributed by atoms with Crippen LogP contribution in [0.15, 0.2) is 0 Å². The Balaban J connectivity index is 2.29. The highest BCUT2D eigenvalue weighted by atomic mass is 16.3. The molecule has 0 bridgehead atoms. The topological polar surface area (TPSA) is 58.4 Å². The van der Waals surface area contributed by atoms with Crippen LogP contribution in [0.1, 0.15) is 41.0 Å². The Morgan fingerprint density at radius 3 is 2.72 bits per heavy atom. The Kier molecular flexibility index (Phi) is 3.71. The molecule has 1 aromatic rings. The highest BCUT2D eigenvalue weighted by Crippen LogP contribution is 2.22. The van der Waals surface area contributed by atoms with Crippen molar-refractivity contribution in [3.8, 4) is 0 Å². The van der Waals surface area contributed by atoms with Crippen molar-refractivity contribution in [3.63, 3.8) is 0 Å². The largest absolute Gasteiger partial charge is 0.394 e. The molecule has 1 amide bonds. The first-order valence-electron chi connectivity index (χ1n) is 6.48. The summed E-state index contributed by atoms with van der Waals surface area (Å²) in [5.74, 6) is 0.0110. The minimum atomic E-state index is -0.0368. The monoisotopic (exact) mass is 251 g/mol. The van der Waals surface area contributed by atoms with Crippen LogP contribution in [0, 0.1) is 13.8 Å². The quantitative estimate of drug-likeness (QED) is 0.854. The zero-order valence-electron chi connectivity index (χ0n) is 11.3. The van der Waals surface area contributed by atoms with Crippen molar-refractivity contribution >= 4 is 5.91 Å². The van der Waals surface area contributed by atoms with Crippen LogP contribution in [-0.4, -0.2) is 44.9 Å². The predicted molar refractivity (Wildman–Crippen MR) is 68.4 cm³/mol. The van der Waals surface area contributed by atoms with Gasteiger partial charge in [-0.2, -0.15) is 5.10 Å². The van der Waals surface area contributed by atoms with Gasteiger partial charge in [-0.15, -0.1) is 0 Å². The predicted octanol–water partition coefficient (Wildman–Crippen LogP) is 1.02. The van der Waals surface area contributed by atoms with Gasteiger partial charge < -0.3 is 10.0 Å². The molecule has 1 unspecified atom stereocenters. The van der Waals surface area contributed by atoms with Crippen LogP contribution in [-0.2, 0) is 7.05 Å². The second-order valence-corrected chi connectivity index (χ2v) is 5.00. The average Bonchev–Trinajstić information content (AvgIpc) is 2.62. The fourth-order valence-electron chi connectivity index (χ4n) is 2.68. The molecule has 100 valence electrons. The lowest BCUT2D eigenvalue weighted by atomic mass is 10.0. The number of likely N-dealkylation sites (tertiary alicyclic amines) is 1. The van der Waals surface area contributed by atoms with Crippen molar-refractivity contribution in [3.05, 3.63) is 17.0 Å². The SMILES string of the molecule is Cc1nn(C)c(C)c1C(=O)N1CCCCC1CO. The molecule has 0 aliphatic carbocycles. The molecule has 1 saturated heterocycles. The summed E-state index contributed by atoms with van der Waals surface area (Å²) in [6.45, 7) is 4.55. The highest BCUT2D eigenvalue weighted by Gasteiger charge is 2.30. The van der Waals surface area contributed by atoms with Gasteiger partial charge in [0, 0.05) is 19.3 Å². The number of carbonyl (C=O) groups is 1. The smallest absolute Gasteiger partial charge is 0.257 e. The summed E-state index contributed by atoms with van der Waals surface area (Å²) < 4.78 is 1.74. The van der Waals surface area contributed by atoms with E-state index in [-0.39, 0.29) is 18.6 Å². The Bertz CT molecular complexity index is 453. The molecule has 0 spiro atoms. The van der Waals surface area contributed by atoms with Crippen LogP contribution in [0.2, 0.25) is 0 Å². The van der Waals surface area contributed by atoms with Gasteiger partial charge in [-0.3, -0.25) is 9.48 Å². The number of aliphatic hydroxyl groups is 1. The molecule has 1 aliphatic rings. The van der Waals surface area contributed by atoms with E-state index < -0.39 is 0 Å². The van der Waals surface area contributed by atoms with Gasteiger partial charge >= 0.3 is 0 Å². The zero-order chi connectivity index (χ0) is 13.3. The Hall–Kier alpha value is -1.36. The summed E-state index contributed by atoms with van der Waals surface area (Å²) in [6, 6.07) is -0.0368. The van der Waals surface area contributed by atoms with Crippen LogP contribution in [0.4, 0.5) is 0 Å². The van der Waals surface area contributed by atoms with Gasteiger partial charge in [-0.1, -0.05) is 0 Å². The number of aromatic nitrogens is 2. The van der Waals surface area contributed by atoms with Gasteiger partial charge in [0.1, 0.15) is 0 Å². The van der Waals surface area contributed by atoms with Crippen LogP contribution in [0.25, 0.3) is 0 Å². The van der Waals surface area contributed by atoms with E-state index in [2.05, 4.69) is 5.10 Å². The molecule has 0 aromatic carbocycles. The van der Waals surface area contributed by atoms with E-state index in [9.17, 15) is 9.90 Å². The van der Waals surface area contributed by atoms with Gasteiger partial charge in [0.2, 0.25) is 0 Å². The fraction of sp³-hybridized carbons (Fsp3) is 0.692. The molecule has 5 heteroatoms. The van der Waals surface area contributed by atoms with Crippen molar-refractivity contribution in [1.82, 2.24) is 14.7 Å². The standard InChI is InChI=1S/C13H21N3O2/c1-9-12(10(2)15(3)14-9)13(18)16-7-5-4-6-11(16)8-17/h11,17H,4-8H2,1-3H3. The van der Waals surface area contributed by atoms with E-state index in [4.69, 9.17) is 0 Å². The molecular formula is C13H21N3O2. The van der Waals surface area contributed by atoms with Gasteiger partial charge in [0.15, 0.2) is 0 Å². The molecule has 18 heavy (non-hydrogen) atoms. The van der Waals surface area contributed by atoms with Crippen LogP contribution >= 0.6 is 0 Å². The number of amides is 1. The molecule has 5 nitrogen and oxygen atoms in total. The maximum Gasteiger partial charge on any atom is 0.257 e. The molecule has 1 aliphatic heterocycles. The number of hydrogen-bond acceptors (Lipinski definition) is 3. The lowest BCUT2D eigenvalue weighted by molar-refractivity contribution is 0.0501. The molecule has 1 N–H and O–H groups in total. The van der Waals surface area contributed by atoms with Crippen molar-refractivity contribution in [2.24, 2.45) is 7.05 Å². The first-order valence-corrected chi connectivity index (χ1v) is 6.48. The average molecular weight is 251 g/mol. The molecule has 1 fully saturated rings. The van der Waals surface area contributed by atoms with Crippen molar-refractivity contribution in [1.29, 1.82) is 0 Å². The number of nitrogens with zero attached hydrogens (tertiary/aromatic N) is 3. The second kappa shape index (κ2) is 5.10. The molecule has 0 radical (unpaired) electrons. The van der Waals surface area contributed by atoms with Crippen molar-refractivity contribution < 1.29 is 9.90 Å². The molecule has 1 aromatic heterocycles. The summed E-state index contributed by atoms with van der Waals surface area (Å²) in [5.41, 5.74) is 2.35. The number of piperidine rings is 1. The van der Waals surface area contributed by atoms with E-state index in [1.807, 2.05) is 20.9 Å². The summed E-state index contributed by atoms with van der Waals surface area (Å²) in [4.78, 5) is 14.4. The van der Waals surface area contributed by atoms with Gasteiger partial charge in [0.05, 0.1) is 23.9 Å². The molecule has 1 atom stereocenters. The van der Waals surface area contributed by atoms with Crippen LogP contribution in [0.3, 0.4) is 0 Å². The molecular weight excluding hydrogens is 230 g/mol. The number of carbonyl (C=O) groups excluding carboxylic acids is 1. The molecule has 2 heterocycles. The van der Waals surface area contributed by atoms with Crippen molar-refractivity contribution in [2.45, 2.75) is 39.2 Å². The number of rotatable bonds is 2. The van der Waals surface area contributed by atoms with Gasteiger partial charge in [0.25, 0.3) is 5.91 Å². The van der Waals surface area contributed by atoms with Gasteiger partial charge in [-0.25, -0.2) is 0 Å². The summed E-state index contributed by atoms with van der Waals surface area (Å²) in [6.07, 6.45) is 2.99. The lowest BCUT2D eigenvalue weighted by Gasteiger charge is -2.34. The first kappa shape index (κ1) is 13.1. The van der Waals surface area contributed by atoms with E-state index in [1.54, 1.807) is 9.58 Å². The number of hydrogen-bond donors (Lipinski definition) is 1. The van der Waals surface area contributed by atoms with E-state index in [1.165, 1.54) is 0 Å². The van der Waals surface area contributed by atoms with Crippen LogP contribution in [0.5, 0.6) is 0 Å².